The molecular weight excluding hydrogens is 398 g/mol. The van der Waals surface area contributed by atoms with Crippen LogP contribution in [0.5, 0.6) is 5.75 Å². The van der Waals surface area contributed by atoms with Gasteiger partial charge < -0.3 is 20.7 Å². The summed E-state index contributed by atoms with van der Waals surface area (Å²) < 4.78 is 5.29. The molecule has 9 heteroatoms. The minimum Gasteiger partial charge on any atom is -0.495 e. The molecule has 4 N–H and O–H groups in total. The predicted molar refractivity (Wildman–Crippen MR) is 117 cm³/mol. The first-order valence-corrected chi connectivity index (χ1v) is 9.66. The van der Waals surface area contributed by atoms with Crippen LogP contribution in [0.3, 0.4) is 0 Å². The Morgan fingerprint density at radius 3 is 2.68 bits per heavy atom. The fraction of sp³-hybridized carbons (Fsp3) is 0.182. The van der Waals surface area contributed by atoms with Crippen molar-refractivity contribution >= 4 is 35.0 Å². The van der Waals surface area contributed by atoms with Crippen molar-refractivity contribution in [3.05, 3.63) is 70.0 Å². The van der Waals surface area contributed by atoms with Gasteiger partial charge in [-0.25, -0.2) is 0 Å². The third-order valence-corrected chi connectivity index (χ3v) is 4.92. The molecule has 2 aromatic carbocycles. The van der Waals surface area contributed by atoms with Crippen LogP contribution in [0.25, 0.3) is 0 Å². The van der Waals surface area contributed by atoms with E-state index in [1.54, 1.807) is 12.1 Å². The standard InChI is InChI=1S/C22H21N5O4/c1-12-8-9-16(31-2)15(10-12)24-20(29)14-11-17(28)25-19-18(14)21(30)27-22(26-19)23-13-6-4-3-5-7-13/h3-10,14H,11H2,1-2H3,(H,24,29)(H3,23,25,26,27,28,30). The zero-order valence-electron chi connectivity index (χ0n) is 17.0. The number of aromatic nitrogens is 2. The number of H-pyrrole nitrogens is 1. The van der Waals surface area contributed by atoms with Crippen molar-refractivity contribution in [3.63, 3.8) is 0 Å². The molecule has 0 fully saturated rings. The number of nitrogens with one attached hydrogen (secondary N) is 4. The molecule has 0 bridgehead atoms. The van der Waals surface area contributed by atoms with E-state index in [-0.39, 0.29) is 23.8 Å². The third kappa shape index (κ3) is 4.25. The third-order valence-electron chi connectivity index (χ3n) is 4.92. The monoisotopic (exact) mass is 419 g/mol. The molecule has 1 atom stereocenters. The molecule has 2 heterocycles. The first-order chi connectivity index (χ1) is 14.9. The Balaban J connectivity index is 1.66. The van der Waals surface area contributed by atoms with Crippen LogP contribution in [0.4, 0.5) is 23.1 Å². The van der Waals surface area contributed by atoms with Crippen molar-refractivity contribution in [2.45, 2.75) is 19.3 Å². The van der Waals surface area contributed by atoms with E-state index in [0.717, 1.165) is 5.56 Å². The van der Waals surface area contributed by atoms with Gasteiger partial charge in [-0.15, -0.1) is 0 Å². The summed E-state index contributed by atoms with van der Waals surface area (Å²) in [5, 5.41) is 8.35. The van der Waals surface area contributed by atoms with E-state index in [4.69, 9.17) is 4.74 Å². The number of fused-ring (bicyclic) bond motifs is 1. The Bertz CT molecular complexity index is 1210. The van der Waals surface area contributed by atoms with Gasteiger partial charge in [-0.2, -0.15) is 4.98 Å². The highest BCUT2D eigenvalue weighted by Crippen LogP contribution is 2.32. The largest absolute Gasteiger partial charge is 0.495 e. The second-order valence-electron chi connectivity index (χ2n) is 7.17. The topological polar surface area (TPSA) is 125 Å². The predicted octanol–water partition coefficient (Wildman–Crippen LogP) is 2.90. The number of para-hydroxylation sites is 1. The maximum absolute atomic E-state index is 13.0. The van der Waals surface area contributed by atoms with Gasteiger partial charge in [0.15, 0.2) is 0 Å². The molecule has 0 saturated heterocycles. The zero-order chi connectivity index (χ0) is 22.0. The van der Waals surface area contributed by atoms with E-state index < -0.39 is 23.3 Å². The van der Waals surface area contributed by atoms with Gasteiger partial charge in [0.1, 0.15) is 11.6 Å². The normalized spacial score (nSPS) is 14.9. The number of hydrogen-bond donors (Lipinski definition) is 4. The number of aryl methyl sites for hydroxylation is 1. The smallest absolute Gasteiger partial charge is 0.258 e. The number of benzene rings is 2. The van der Waals surface area contributed by atoms with Gasteiger partial charge in [-0.1, -0.05) is 24.3 Å². The Labute approximate surface area is 177 Å². The molecule has 1 aliphatic rings. The summed E-state index contributed by atoms with van der Waals surface area (Å²) in [6, 6.07) is 14.5. The fourth-order valence-electron chi connectivity index (χ4n) is 3.45. The van der Waals surface area contributed by atoms with Crippen molar-refractivity contribution in [1.82, 2.24) is 9.97 Å². The molecule has 1 aromatic heterocycles. The SMILES string of the molecule is COc1ccc(C)cc1NC(=O)C1CC(=O)Nc2nc(Nc3ccccc3)[nH]c(=O)c21. The Hall–Kier alpha value is -4.14. The van der Waals surface area contributed by atoms with E-state index in [1.807, 2.05) is 43.3 Å². The Morgan fingerprint density at radius 1 is 1.16 bits per heavy atom. The molecule has 3 aromatic rings. The number of carbonyl (C=O) groups is 2. The Morgan fingerprint density at radius 2 is 1.94 bits per heavy atom. The summed E-state index contributed by atoms with van der Waals surface area (Å²) in [6.45, 7) is 1.88. The van der Waals surface area contributed by atoms with Crippen molar-refractivity contribution in [2.24, 2.45) is 0 Å². The molecular formula is C22H21N5O4. The van der Waals surface area contributed by atoms with Crippen molar-refractivity contribution in [1.29, 1.82) is 0 Å². The number of hydrogen-bond acceptors (Lipinski definition) is 6. The molecule has 31 heavy (non-hydrogen) atoms. The van der Waals surface area contributed by atoms with E-state index in [9.17, 15) is 14.4 Å². The Kier molecular flexibility index (Phi) is 5.40. The van der Waals surface area contributed by atoms with Gasteiger partial charge in [0.05, 0.1) is 24.3 Å². The maximum Gasteiger partial charge on any atom is 0.258 e. The van der Waals surface area contributed by atoms with Gasteiger partial charge in [-0.3, -0.25) is 19.4 Å². The number of ether oxygens (including phenoxy) is 1. The van der Waals surface area contributed by atoms with Crippen LogP contribution >= 0.6 is 0 Å². The second kappa shape index (κ2) is 8.31. The van der Waals surface area contributed by atoms with Crippen molar-refractivity contribution in [2.75, 3.05) is 23.1 Å². The fourth-order valence-corrected chi connectivity index (χ4v) is 3.45. The van der Waals surface area contributed by atoms with Gasteiger partial charge >= 0.3 is 0 Å². The quantitative estimate of drug-likeness (QED) is 0.504. The van der Waals surface area contributed by atoms with Crippen LogP contribution in [0.1, 0.15) is 23.5 Å². The molecule has 1 unspecified atom stereocenters. The van der Waals surface area contributed by atoms with E-state index in [2.05, 4.69) is 25.9 Å². The summed E-state index contributed by atoms with van der Waals surface area (Å²) in [7, 11) is 1.50. The lowest BCUT2D eigenvalue weighted by Crippen LogP contribution is -2.36. The molecule has 0 saturated carbocycles. The van der Waals surface area contributed by atoms with Crippen molar-refractivity contribution in [3.8, 4) is 5.75 Å². The number of methoxy groups -OCH3 is 1. The lowest BCUT2D eigenvalue weighted by molar-refractivity contribution is -0.123. The van der Waals surface area contributed by atoms with Gasteiger partial charge in [0, 0.05) is 12.1 Å². The molecule has 1 aliphatic heterocycles. The number of anilines is 4. The van der Waals surface area contributed by atoms with E-state index in [1.165, 1.54) is 7.11 Å². The zero-order valence-corrected chi connectivity index (χ0v) is 17.0. The summed E-state index contributed by atoms with van der Waals surface area (Å²) in [4.78, 5) is 45.1. The second-order valence-corrected chi connectivity index (χ2v) is 7.17. The first kappa shape index (κ1) is 20.1. The van der Waals surface area contributed by atoms with E-state index >= 15 is 0 Å². The van der Waals surface area contributed by atoms with Gasteiger partial charge in [0.2, 0.25) is 17.8 Å². The van der Waals surface area contributed by atoms with Gasteiger partial charge in [0.25, 0.3) is 5.56 Å². The number of carbonyl (C=O) groups excluding carboxylic acids is 2. The number of amides is 2. The minimum atomic E-state index is -0.990. The highest BCUT2D eigenvalue weighted by Gasteiger charge is 2.35. The highest BCUT2D eigenvalue weighted by atomic mass is 16.5. The van der Waals surface area contributed by atoms with Crippen LogP contribution in [0, 0.1) is 6.92 Å². The first-order valence-electron chi connectivity index (χ1n) is 9.66. The lowest BCUT2D eigenvalue weighted by atomic mass is 9.92. The van der Waals surface area contributed by atoms with Crippen LogP contribution < -0.4 is 26.2 Å². The lowest BCUT2D eigenvalue weighted by Gasteiger charge is -2.24. The highest BCUT2D eigenvalue weighted by molar-refractivity contribution is 6.05. The molecule has 0 aliphatic carbocycles. The summed E-state index contributed by atoms with van der Waals surface area (Å²) in [6.07, 6.45) is -0.164. The molecule has 2 amide bonds. The van der Waals surface area contributed by atoms with Gasteiger partial charge in [-0.05, 0) is 36.8 Å². The summed E-state index contributed by atoms with van der Waals surface area (Å²) in [5.41, 5.74) is 1.72. The average molecular weight is 419 g/mol. The minimum absolute atomic E-state index is 0.0646. The van der Waals surface area contributed by atoms with Crippen LogP contribution in [0.2, 0.25) is 0 Å². The average Bonchev–Trinajstić information content (AvgIpc) is 2.73. The van der Waals surface area contributed by atoms with Crippen LogP contribution in [-0.2, 0) is 9.59 Å². The molecule has 0 radical (unpaired) electrons. The van der Waals surface area contributed by atoms with E-state index in [0.29, 0.717) is 17.1 Å². The summed E-state index contributed by atoms with van der Waals surface area (Å²) >= 11 is 0. The van der Waals surface area contributed by atoms with Crippen molar-refractivity contribution < 1.29 is 14.3 Å². The molecule has 9 nitrogen and oxygen atoms in total. The molecule has 158 valence electrons. The number of rotatable bonds is 5. The molecule has 0 spiro atoms. The molecule has 4 rings (SSSR count). The number of nitrogens with zero attached hydrogens (tertiary/aromatic N) is 1. The maximum atomic E-state index is 13.0. The van der Waals surface area contributed by atoms with Crippen LogP contribution in [-0.4, -0.2) is 28.9 Å². The number of aromatic amines is 1. The summed E-state index contributed by atoms with van der Waals surface area (Å²) in [5.74, 6) is -1.17. The van der Waals surface area contributed by atoms with Crippen LogP contribution in [0.15, 0.2) is 53.3 Å².